The number of nitrogens with zero attached hydrogens (tertiary/aromatic N) is 4. The fourth-order valence-corrected chi connectivity index (χ4v) is 5.89. The Kier molecular flexibility index (Phi) is 13.0. The maximum absolute atomic E-state index is 12.6. The highest BCUT2D eigenvalue weighted by atomic mass is 35.5. The van der Waals surface area contributed by atoms with Gasteiger partial charge in [-0.15, -0.1) is 0 Å². The summed E-state index contributed by atoms with van der Waals surface area (Å²) in [6.45, 7) is 4.42. The number of carbonyl (C=O) groups excluding carboxylic acids is 2. The number of hydrogen-bond acceptors (Lipinski definition) is 9. The summed E-state index contributed by atoms with van der Waals surface area (Å²) in [5, 5.41) is 14.5. The number of fused-ring (bicyclic) bond motifs is 1. The van der Waals surface area contributed by atoms with Gasteiger partial charge in [0.25, 0.3) is 0 Å². The largest absolute Gasteiger partial charge is 0.495 e. The summed E-state index contributed by atoms with van der Waals surface area (Å²) in [5.41, 5.74) is 7.14. The third-order valence-electron chi connectivity index (χ3n) is 7.94. The van der Waals surface area contributed by atoms with Gasteiger partial charge >= 0.3 is 0 Å². The lowest BCUT2D eigenvalue weighted by molar-refractivity contribution is -0.133. The molecule has 1 aliphatic heterocycles. The van der Waals surface area contributed by atoms with Gasteiger partial charge < -0.3 is 30.2 Å². The van der Waals surface area contributed by atoms with Crippen molar-refractivity contribution in [2.24, 2.45) is 5.73 Å². The number of piperazine rings is 1. The van der Waals surface area contributed by atoms with Crippen molar-refractivity contribution in [1.29, 1.82) is 5.26 Å². The molecule has 0 aliphatic carbocycles. The van der Waals surface area contributed by atoms with Crippen molar-refractivity contribution in [2.75, 3.05) is 58.9 Å². The van der Waals surface area contributed by atoms with Gasteiger partial charge in [0.15, 0.2) is 11.5 Å². The van der Waals surface area contributed by atoms with Crippen LogP contribution in [-0.4, -0.2) is 80.1 Å². The summed E-state index contributed by atoms with van der Waals surface area (Å²) in [6.07, 6.45) is 6.74. The summed E-state index contributed by atoms with van der Waals surface area (Å²) in [6, 6.07) is 9.02. The van der Waals surface area contributed by atoms with E-state index in [1.165, 1.54) is 13.3 Å². The molecule has 2 aromatic carbocycles. The van der Waals surface area contributed by atoms with Crippen molar-refractivity contribution in [3.8, 4) is 23.3 Å². The number of hydrogen-bond donors (Lipinski definition) is 2. The van der Waals surface area contributed by atoms with Crippen LogP contribution in [0.2, 0.25) is 10.0 Å². The number of nitrogens with two attached hydrogens (primary N) is 1. The average Bonchev–Trinajstić information content (AvgIpc) is 3.05. The van der Waals surface area contributed by atoms with Crippen molar-refractivity contribution in [3.63, 3.8) is 0 Å². The van der Waals surface area contributed by atoms with Crippen LogP contribution < -0.4 is 25.3 Å². The number of benzene rings is 2. The van der Waals surface area contributed by atoms with Gasteiger partial charge in [0.1, 0.15) is 11.8 Å². The van der Waals surface area contributed by atoms with Gasteiger partial charge in [-0.25, -0.2) is 0 Å². The van der Waals surface area contributed by atoms with Crippen molar-refractivity contribution < 1.29 is 23.8 Å². The molecule has 13 heteroatoms. The number of rotatable bonds is 16. The number of primary amides is 1. The fourth-order valence-electron chi connectivity index (χ4n) is 5.39. The molecule has 1 fully saturated rings. The quantitative estimate of drug-likeness (QED) is 0.178. The first kappa shape index (κ1) is 34.9. The second-order valence-corrected chi connectivity index (χ2v) is 11.9. The molecule has 0 spiro atoms. The molecule has 2 heterocycles. The Bertz CT molecular complexity index is 1570. The standard InChI is InChI=1S/C33H40Cl2N6O5/c1-44-28-19-27(24(34)17-25(28)35)39-33-22(20-36)21-38-26-18-30(29(45-2)16-23(26)33)46-15-7-10-40-11-13-41(14-12-40)32(43)9-6-4-3-5-8-31(37)42/h16-19,21H,3-15H2,1-2H3,(H2,37,42)(H,38,39). The molecule has 1 saturated heterocycles. The lowest BCUT2D eigenvalue weighted by Crippen LogP contribution is -2.48. The normalized spacial score (nSPS) is 13.3. The molecule has 246 valence electrons. The number of pyridine rings is 1. The summed E-state index contributed by atoms with van der Waals surface area (Å²) >= 11 is 12.7. The van der Waals surface area contributed by atoms with Gasteiger partial charge in [0.2, 0.25) is 11.8 Å². The third-order valence-corrected chi connectivity index (χ3v) is 8.55. The highest BCUT2D eigenvalue weighted by Crippen LogP contribution is 2.40. The topological polar surface area (TPSA) is 143 Å². The zero-order chi connectivity index (χ0) is 33.1. The predicted octanol–water partition coefficient (Wildman–Crippen LogP) is 5.91. The minimum Gasteiger partial charge on any atom is -0.495 e. The molecular formula is C33H40Cl2N6O5. The van der Waals surface area contributed by atoms with Crippen molar-refractivity contribution in [2.45, 2.75) is 44.9 Å². The number of aromatic nitrogens is 1. The monoisotopic (exact) mass is 670 g/mol. The second kappa shape index (κ2) is 17.1. The molecule has 4 rings (SSSR count). The lowest BCUT2D eigenvalue weighted by atomic mass is 10.1. The van der Waals surface area contributed by atoms with Crippen LogP contribution in [0.15, 0.2) is 30.5 Å². The van der Waals surface area contributed by atoms with E-state index in [0.717, 1.165) is 64.8 Å². The van der Waals surface area contributed by atoms with Crippen LogP contribution in [0.25, 0.3) is 10.9 Å². The maximum Gasteiger partial charge on any atom is 0.222 e. The molecule has 0 saturated carbocycles. The molecule has 0 bridgehead atoms. The molecule has 11 nitrogen and oxygen atoms in total. The number of nitriles is 1. The minimum absolute atomic E-state index is 0.200. The van der Waals surface area contributed by atoms with E-state index in [1.807, 2.05) is 4.90 Å². The Morgan fingerprint density at radius 2 is 1.65 bits per heavy atom. The molecular weight excluding hydrogens is 631 g/mol. The first-order valence-corrected chi connectivity index (χ1v) is 16.1. The molecule has 0 radical (unpaired) electrons. The molecule has 0 unspecified atom stereocenters. The van der Waals surface area contributed by atoms with Crippen molar-refractivity contribution in [1.82, 2.24) is 14.8 Å². The van der Waals surface area contributed by atoms with E-state index in [0.29, 0.717) is 74.6 Å². The first-order valence-electron chi connectivity index (χ1n) is 15.4. The van der Waals surface area contributed by atoms with Crippen LogP contribution in [0.5, 0.6) is 17.2 Å². The van der Waals surface area contributed by atoms with Crippen molar-refractivity contribution >= 4 is 57.3 Å². The minimum atomic E-state index is -0.270. The number of halogens is 2. The molecule has 3 aromatic rings. The predicted molar refractivity (Wildman–Crippen MR) is 179 cm³/mol. The van der Waals surface area contributed by atoms with Gasteiger partial charge in [-0.05, 0) is 31.4 Å². The SMILES string of the molecule is COc1cc(Nc2c(C#N)cnc3cc(OCCCN4CCN(C(=O)CCCCCCC(N)=O)CC4)c(OC)cc23)c(Cl)cc1Cl. The number of methoxy groups -OCH3 is 2. The van der Waals surface area contributed by atoms with E-state index < -0.39 is 0 Å². The Morgan fingerprint density at radius 1 is 0.935 bits per heavy atom. The van der Waals surface area contributed by atoms with Gasteiger partial charge in [-0.1, -0.05) is 36.0 Å². The zero-order valence-electron chi connectivity index (χ0n) is 26.2. The number of anilines is 2. The molecule has 1 aromatic heterocycles. The summed E-state index contributed by atoms with van der Waals surface area (Å²) in [5.74, 6) is 1.43. The first-order chi connectivity index (χ1) is 22.2. The van der Waals surface area contributed by atoms with Crippen molar-refractivity contribution in [3.05, 3.63) is 46.1 Å². The van der Waals surface area contributed by atoms with E-state index in [1.54, 1.807) is 31.4 Å². The summed E-state index contributed by atoms with van der Waals surface area (Å²) in [7, 11) is 3.08. The third kappa shape index (κ3) is 9.28. The van der Waals surface area contributed by atoms with E-state index in [2.05, 4.69) is 21.3 Å². The molecule has 1 aliphatic rings. The molecule has 3 N–H and O–H groups in total. The van der Waals surface area contributed by atoms with Crippen LogP contribution in [0, 0.1) is 11.3 Å². The Morgan fingerprint density at radius 3 is 2.33 bits per heavy atom. The number of nitrogens with one attached hydrogen (secondary N) is 1. The lowest BCUT2D eigenvalue weighted by Gasteiger charge is -2.34. The maximum atomic E-state index is 12.6. The van der Waals surface area contributed by atoms with Crippen LogP contribution in [0.4, 0.5) is 11.4 Å². The highest BCUT2D eigenvalue weighted by Gasteiger charge is 2.21. The second-order valence-electron chi connectivity index (χ2n) is 11.1. The Balaban J connectivity index is 1.30. The fraction of sp³-hybridized carbons (Fsp3) is 0.455. The van der Waals surface area contributed by atoms with Gasteiger partial charge in [0.05, 0.1) is 53.3 Å². The summed E-state index contributed by atoms with van der Waals surface area (Å²) in [4.78, 5) is 32.2. The number of amides is 2. The smallest absolute Gasteiger partial charge is 0.222 e. The van der Waals surface area contributed by atoms with E-state index in [4.69, 9.17) is 43.1 Å². The number of unbranched alkanes of at least 4 members (excludes halogenated alkanes) is 3. The van der Waals surface area contributed by atoms with E-state index in [9.17, 15) is 14.9 Å². The Hall–Kier alpha value is -3.98. The average molecular weight is 672 g/mol. The van der Waals surface area contributed by atoms with Gasteiger partial charge in [-0.3, -0.25) is 19.5 Å². The van der Waals surface area contributed by atoms with Crippen LogP contribution in [-0.2, 0) is 9.59 Å². The van der Waals surface area contributed by atoms with E-state index >= 15 is 0 Å². The van der Waals surface area contributed by atoms with Crippen LogP contribution >= 0.6 is 23.2 Å². The van der Waals surface area contributed by atoms with Gasteiger partial charge in [-0.2, -0.15) is 5.26 Å². The molecule has 0 atom stereocenters. The molecule has 46 heavy (non-hydrogen) atoms. The highest BCUT2D eigenvalue weighted by molar-refractivity contribution is 6.37. The number of ether oxygens (including phenoxy) is 3. The van der Waals surface area contributed by atoms with Gasteiger partial charge in [0, 0.05) is 69.3 Å². The van der Waals surface area contributed by atoms with Crippen LogP contribution in [0.3, 0.4) is 0 Å². The molecule has 2 amide bonds. The zero-order valence-corrected chi connectivity index (χ0v) is 27.8. The number of carbonyl (C=O) groups is 2. The summed E-state index contributed by atoms with van der Waals surface area (Å²) < 4.78 is 17.1. The van der Waals surface area contributed by atoms with E-state index in [-0.39, 0.29) is 11.8 Å². The Labute approximate surface area is 279 Å². The van der Waals surface area contributed by atoms with Crippen LogP contribution in [0.1, 0.15) is 50.5 Å².